The Balaban J connectivity index is 2.17. The summed E-state index contributed by atoms with van der Waals surface area (Å²) in [7, 11) is 0. The molecule has 2 rings (SSSR count). The van der Waals surface area contributed by atoms with Crippen LogP contribution in [0.2, 0.25) is 0 Å². The van der Waals surface area contributed by atoms with E-state index in [0.29, 0.717) is 31.5 Å². The number of carbonyl (C=O) groups is 3. The summed E-state index contributed by atoms with van der Waals surface area (Å²) in [4.78, 5) is 39.4. The number of carboxylic acid groups (broad SMARTS) is 1. The van der Waals surface area contributed by atoms with Crippen molar-refractivity contribution < 1.29 is 19.5 Å². The lowest BCUT2D eigenvalue weighted by atomic mass is 10.0. The van der Waals surface area contributed by atoms with E-state index in [0.717, 1.165) is 49.3 Å². The number of fused-ring (bicyclic) bond motifs is 1. The number of nitrogens with one attached hydrogen (secondary N) is 1. The molecule has 33 heavy (non-hydrogen) atoms. The van der Waals surface area contributed by atoms with E-state index in [1.165, 1.54) is 0 Å². The molecular weight excluding hydrogens is 416 g/mol. The molecule has 0 aromatic heterocycles. The number of unbranched alkanes of at least 4 members (excludes halogenated alkanes) is 4. The number of nitrogens with zero attached hydrogens (tertiary/aromatic N) is 1. The van der Waals surface area contributed by atoms with Gasteiger partial charge in [-0.3, -0.25) is 14.4 Å². The summed E-state index contributed by atoms with van der Waals surface area (Å²) in [5, 5.41) is 13.9. The third-order valence-corrected chi connectivity index (χ3v) is 5.87. The highest BCUT2D eigenvalue weighted by Gasteiger charge is 2.26. The maximum absolute atomic E-state index is 13.5. The number of aliphatic carboxylic acids is 1. The Labute approximate surface area is 197 Å². The molecule has 0 heterocycles. The Bertz CT molecular complexity index is 902. The van der Waals surface area contributed by atoms with Crippen molar-refractivity contribution in [2.75, 3.05) is 13.1 Å². The highest BCUT2D eigenvalue weighted by Crippen LogP contribution is 2.16. The molecule has 1 atom stereocenters. The van der Waals surface area contributed by atoms with E-state index in [1.807, 2.05) is 41.3 Å². The van der Waals surface area contributed by atoms with Crippen LogP contribution in [0, 0.1) is 0 Å². The quantitative estimate of drug-likeness (QED) is 0.353. The van der Waals surface area contributed by atoms with Crippen LogP contribution in [0.4, 0.5) is 0 Å². The summed E-state index contributed by atoms with van der Waals surface area (Å²) in [6, 6.07) is 12.6. The predicted molar refractivity (Wildman–Crippen MR) is 132 cm³/mol. The fraction of sp³-hybridized carbons (Fsp3) is 0.519. The Hall–Kier alpha value is -2.89. The molecule has 0 aliphatic rings. The molecule has 0 aliphatic carbocycles. The third kappa shape index (κ3) is 8.87. The number of rotatable bonds is 15. The SMILES string of the molecule is CCCCCN(CCCCC)C(=O)[C@@H](CCCC(=O)O)NC(=O)c1ccc2ccccc2c1. The highest BCUT2D eigenvalue weighted by atomic mass is 16.4. The van der Waals surface area contributed by atoms with E-state index in [2.05, 4.69) is 19.2 Å². The van der Waals surface area contributed by atoms with E-state index < -0.39 is 12.0 Å². The Morgan fingerprint density at radius 3 is 2.12 bits per heavy atom. The Morgan fingerprint density at radius 2 is 1.52 bits per heavy atom. The summed E-state index contributed by atoms with van der Waals surface area (Å²) in [6.07, 6.45) is 6.69. The van der Waals surface area contributed by atoms with Crippen LogP contribution in [-0.4, -0.2) is 46.9 Å². The molecule has 2 amide bonds. The first-order valence-electron chi connectivity index (χ1n) is 12.3. The standard InChI is InChI=1S/C27H38N2O4/c1-3-5-9-18-29(19-10-6-4-2)27(33)24(14-11-15-25(30)31)28-26(32)23-17-16-21-12-7-8-13-22(21)20-23/h7-8,12-13,16-17,20,24H,3-6,9-11,14-15,18-19H2,1-2H3,(H,28,32)(H,30,31)/t24-/m1/s1. The van der Waals surface area contributed by atoms with Crippen LogP contribution in [0.3, 0.4) is 0 Å². The molecule has 6 heteroatoms. The normalized spacial score (nSPS) is 11.8. The van der Waals surface area contributed by atoms with Crippen LogP contribution in [0.5, 0.6) is 0 Å². The first-order chi connectivity index (χ1) is 16.0. The lowest BCUT2D eigenvalue weighted by molar-refractivity contribution is -0.138. The number of amides is 2. The molecule has 0 spiro atoms. The molecule has 0 aliphatic heterocycles. The second-order valence-corrected chi connectivity index (χ2v) is 8.61. The molecule has 180 valence electrons. The Kier molecular flexibility index (Phi) is 11.4. The summed E-state index contributed by atoms with van der Waals surface area (Å²) < 4.78 is 0. The van der Waals surface area contributed by atoms with Crippen LogP contribution in [-0.2, 0) is 9.59 Å². The van der Waals surface area contributed by atoms with Crippen molar-refractivity contribution in [3.63, 3.8) is 0 Å². The van der Waals surface area contributed by atoms with Crippen molar-refractivity contribution >= 4 is 28.6 Å². The molecule has 2 aromatic carbocycles. The average Bonchev–Trinajstić information content (AvgIpc) is 2.81. The first kappa shape index (κ1) is 26.4. The van der Waals surface area contributed by atoms with Crippen LogP contribution in [0.25, 0.3) is 10.8 Å². The van der Waals surface area contributed by atoms with Gasteiger partial charge in [-0.15, -0.1) is 0 Å². The maximum atomic E-state index is 13.5. The molecule has 0 fully saturated rings. The first-order valence-corrected chi connectivity index (χ1v) is 12.3. The molecule has 2 N–H and O–H groups in total. The number of carbonyl (C=O) groups excluding carboxylic acids is 2. The third-order valence-electron chi connectivity index (χ3n) is 5.87. The second-order valence-electron chi connectivity index (χ2n) is 8.61. The zero-order valence-electron chi connectivity index (χ0n) is 20.0. The van der Waals surface area contributed by atoms with Crippen molar-refractivity contribution in [1.82, 2.24) is 10.2 Å². The molecule has 0 saturated heterocycles. The smallest absolute Gasteiger partial charge is 0.303 e. The van der Waals surface area contributed by atoms with Gasteiger partial charge in [0.2, 0.25) is 5.91 Å². The summed E-state index contributed by atoms with van der Waals surface area (Å²) in [6.45, 7) is 5.58. The zero-order chi connectivity index (χ0) is 24.1. The molecule has 0 radical (unpaired) electrons. The second kappa shape index (κ2) is 14.3. The largest absolute Gasteiger partial charge is 0.481 e. The van der Waals surface area contributed by atoms with Gasteiger partial charge in [0.05, 0.1) is 0 Å². The van der Waals surface area contributed by atoms with Crippen molar-refractivity contribution in [3.05, 3.63) is 48.0 Å². The van der Waals surface area contributed by atoms with Gasteiger partial charge < -0.3 is 15.3 Å². The minimum absolute atomic E-state index is 0.0265. The zero-order valence-corrected chi connectivity index (χ0v) is 20.0. The maximum Gasteiger partial charge on any atom is 0.303 e. The molecule has 0 unspecified atom stereocenters. The summed E-state index contributed by atoms with van der Waals surface area (Å²) in [5.74, 6) is -1.32. The average molecular weight is 455 g/mol. The van der Waals surface area contributed by atoms with Crippen molar-refractivity contribution in [2.45, 2.75) is 77.7 Å². The summed E-state index contributed by atoms with van der Waals surface area (Å²) >= 11 is 0. The minimum atomic E-state index is -0.898. The summed E-state index contributed by atoms with van der Waals surface area (Å²) in [5.41, 5.74) is 0.494. The van der Waals surface area contributed by atoms with Gasteiger partial charge in [-0.1, -0.05) is 69.9 Å². The van der Waals surface area contributed by atoms with Crippen molar-refractivity contribution in [2.24, 2.45) is 0 Å². The van der Waals surface area contributed by atoms with Gasteiger partial charge in [0, 0.05) is 25.1 Å². The van der Waals surface area contributed by atoms with Gasteiger partial charge in [-0.25, -0.2) is 0 Å². The van der Waals surface area contributed by atoms with Crippen LogP contribution >= 0.6 is 0 Å². The van der Waals surface area contributed by atoms with Gasteiger partial charge >= 0.3 is 5.97 Å². The molecule has 2 aromatic rings. The predicted octanol–water partition coefficient (Wildman–Crippen LogP) is 5.40. The topological polar surface area (TPSA) is 86.7 Å². The van der Waals surface area contributed by atoms with Crippen molar-refractivity contribution in [1.29, 1.82) is 0 Å². The van der Waals surface area contributed by atoms with Gasteiger partial charge in [-0.05, 0) is 48.6 Å². The van der Waals surface area contributed by atoms with E-state index in [-0.39, 0.29) is 18.2 Å². The van der Waals surface area contributed by atoms with Gasteiger partial charge in [0.1, 0.15) is 6.04 Å². The lowest BCUT2D eigenvalue weighted by Gasteiger charge is -2.28. The Morgan fingerprint density at radius 1 is 0.879 bits per heavy atom. The number of hydrogen-bond donors (Lipinski definition) is 2. The van der Waals surface area contributed by atoms with E-state index in [1.54, 1.807) is 6.07 Å². The van der Waals surface area contributed by atoms with Gasteiger partial charge in [-0.2, -0.15) is 0 Å². The fourth-order valence-corrected chi connectivity index (χ4v) is 3.94. The number of carboxylic acids is 1. The van der Waals surface area contributed by atoms with E-state index in [9.17, 15) is 14.4 Å². The number of benzene rings is 2. The van der Waals surface area contributed by atoms with Gasteiger partial charge in [0.25, 0.3) is 5.91 Å². The molecule has 6 nitrogen and oxygen atoms in total. The monoisotopic (exact) mass is 454 g/mol. The fourth-order valence-electron chi connectivity index (χ4n) is 3.94. The van der Waals surface area contributed by atoms with E-state index >= 15 is 0 Å². The highest BCUT2D eigenvalue weighted by molar-refractivity contribution is 6.00. The molecule has 0 bridgehead atoms. The van der Waals surface area contributed by atoms with Crippen LogP contribution in [0.15, 0.2) is 42.5 Å². The van der Waals surface area contributed by atoms with Crippen molar-refractivity contribution in [3.8, 4) is 0 Å². The molecule has 0 saturated carbocycles. The van der Waals surface area contributed by atoms with E-state index in [4.69, 9.17) is 5.11 Å². The van der Waals surface area contributed by atoms with Crippen LogP contribution in [0.1, 0.15) is 82.0 Å². The van der Waals surface area contributed by atoms with Gasteiger partial charge in [0.15, 0.2) is 0 Å². The number of hydrogen-bond acceptors (Lipinski definition) is 3. The minimum Gasteiger partial charge on any atom is -0.481 e. The lowest BCUT2D eigenvalue weighted by Crippen LogP contribution is -2.49. The molecular formula is C27H38N2O4. The van der Waals surface area contributed by atoms with Crippen LogP contribution < -0.4 is 5.32 Å².